The molecule has 0 rings (SSSR count). The van der Waals surface area contributed by atoms with Gasteiger partial charge in [-0.3, -0.25) is 4.79 Å². The van der Waals surface area contributed by atoms with E-state index < -0.39 is 5.54 Å². The fourth-order valence-corrected chi connectivity index (χ4v) is 2.47. The smallest absolute Gasteiger partial charge is 0.240 e. The van der Waals surface area contributed by atoms with Crippen molar-refractivity contribution in [2.45, 2.75) is 85.1 Å². The van der Waals surface area contributed by atoms with Gasteiger partial charge in [0, 0.05) is 6.54 Å². The van der Waals surface area contributed by atoms with Crippen LogP contribution in [0, 0.1) is 5.92 Å². The summed E-state index contributed by atoms with van der Waals surface area (Å²) < 4.78 is 0. The van der Waals surface area contributed by atoms with E-state index in [0.29, 0.717) is 5.92 Å². The second-order valence-electron chi connectivity index (χ2n) is 6.14. The maximum absolute atomic E-state index is 12.4. The largest absolute Gasteiger partial charge is 0.355 e. The van der Waals surface area contributed by atoms with Gasteiger partial charge in [0.05, 0.1) is 5.54 Å². The molecule has 1 amide bonds. The van der Waals surface area contributed by atoms with Crippen molar-refractivity contribution in [3.63, 3.8) is 0 Å². The predicted octanol–water partition coefficient (Wildman–Crippen LogP) is 3.88. The lowest BCUT2D eigenvalue weighted by Crippen LogP contribution is -2.56. The first-order valence-corrected chi connectivity index (χ1v) is 8.57. The van der Waals surface area contributed by atoms with Crippen LogP contribution in [0.3, 0.4) is 0 Å². The average molecular weight is 284 g/mol. The Morgan fingerprint density at radius 2 is 1.80 bits per heavy atom. The van der Waals surface area contributed by atoms with Gasteiger partial charge < -0.3 is 10.6 Å². The third-order valence-electron chi connectivity index (χ3n) is 4.12. The van der Waals surface area contributed by atoms with Gasteiger partial charge >= 0.3 is 0 Å². The average Bonchev–Trinajstić information content (AvgIpc) is 2.46. The van der Waals surface area contributed by atoms with E-state index in [4.69, 9.17) is 0 Å². The van der Waals surface area contributed by atoms with Crippen LogP contribution in [0.2, 0.25) is 0 Å². The predicted molar refractivity (Wildman–Crippen MR) is 87.9 cm³/mol. The monoisotopic (exact) mass is 284 g/mol. The Labute approximate surface area is 126 Å². The maximum Gasteiger partial charge on any atom is 0.240 e. The van der Waals surface area contributed by atoms with Gasteiger partial charge in [0.1, 0.15) is 0 Å². The third-order valence-corrected chi connectivity index (χ3v) is 4.12. The molecule has 0 aromatic rings. The molecule has 3 heteroatoms. The molecule has 2 unspecified atom stereocenters. The van der Waals surface area contributed by atoms with Crippen LogP contribution in [0.25, 0.3) is 0 Å². The van der Waals surface area contributed by atoms with Crippen molar-refractivity contribution in [1.29, 1.82) is 0 Å². The molecule has 120 valence electrons. The zero-order chi connectivity index (χ0) is 15.4. The Balaban J connectivity index is 4.54. The topological polar surface area (TPSA) is 41.1 Å². The summed E-state index contributed by atoms with van der Waals surface area (Å²) in [4.78, 5) is 12.4. The highest BCUT2D eigenvalue weighted by atomic mass is 16.2. The zero-order valence-electron chi connectivity index (χ0n) is 14.3. The molecule has 2 atom stereocenters. The molecular weight excluding hydrogens is 248 g/mol. The Morgan fingerprint density at radius 1 is 1.10 bits per heavy atom. The lowest BCUT2D eigenvalue weighted by atomic mass is 9.91. The SMILES string of the molecule is CCCCC(C)(NCC(CC)CCC)C(=O)NCCC. The van der Waals surface area contributed by atoms with E-state index in [1.807, 2.05) is 0 Å². The highest BCUT2D eigenvalue weighted by Crippen LogP contribution is 2.17. The first-order chi connectivity index (χ1) is 9.53. The molecular formula is C17H36N2O. The summed E-state index contributed by atoms with van der Waals surface area (Å²) in [5.74, 6) is 0.846. The van der Waals surface area contributed by atoms with E-state index in [9.17, 15) is 4.79 Å². The zero-order valence-corrected chi connectivity index (χ0v) is 14.3. The summed E-state index contributed by atoms with van der Waals surface area (Å²) in [5.41, 5.74) is -0.410. The van der Waals surface area contributed by atoms with Crippen molar-refractivity contribution in [2.24, 2.45) is 5.92 Å². The minimum atomic E-state index is -0.410. The number of unbranched alkanes of at least 4 members (excludes halogenated alkanes) is 1. The summed E-state index contributed by atoms with van der Waals surface area (Å²) in [5, 5.41) is 6.62. The number of amides is 1. The van der Waals surface area contributed by atoms with Gasteiger partial charge in [0.15, 0.2) is 0 Å². The minimum Gasteiger partial charge on any atom is -0.355 e. The first-order valence-electron chi connectivity index (χ1n) is 8.57. The molecule has 2 N–H and O–H groups in total. The van der Waals surface area contributed by atoms with Crippen molar-refractivity contribution in [3.8, 4) is 0 Å². The second-order valence-corrected chi connectivity index (χ2v) is 6.14. The molecule has 20 heavy (non-hydrogen) atoms. The van der Waals surface area contributed by atoms with E-state index in [0.717, 1.165) is 38.8 Å². The molecule has 0 aliphatic carbocycles. The van der Waals surface area contributed by atoms with E-state index in [2.05, 4.69) is 45.3 Å². The molecule has 0 aliphatic heterocycles. The number of carbonyl (C=O) groups excluding carboxylic acids is 1. The van der Waals surface area contributed by atoms with Crippen LogP contribution in [0.5, 0.6) is 0 Å². The Morgan fingerprint density at radius 3 is 2.30 bits per heavy atom. The van der Waals surface area contributed by atoms with E-state index >= 15 is 0 Å². The van der Waals surface area contributed by atoms with Crippen molar-refractivity contribution in [3.05, 3.63) is 0 Å². The second kappa shape index (κ2) is 11.1. The summed E-state index contributed by atoms with van der Waals surface area (Å²) in [7, 11) is 0. The van der Waals surface area contributed by atoms with Crippen LogP contribution in [0.4, 0.5) is 0 Å². The first kappa shape index (κ1) is 19.4. The van der Waals surface area contributed by atoms with Gasteiger partial charge in [-0.15, -0.1) is 0 Å². The van der Waals surface area contributed by atoms with Crippen LogP contribution in [-0.2, 0) is 4.79 Å². The highest BCUT2D eigenvalue weighted by Gasteiger charge is 2.32. The third kappa shape index (κ3) is 7.28. The molecule has 0 saturated carbocycles. The molecule has 0 aliphatic rings. The molecule has 3 nitrogen and oxygen atoms in total. The number of hydrogen-bond acceptors (Lipinski definition) is 2. The molecule has 0 fully saturated rings. The van der Waals surface area contributed by atoms with Gasteiger partial charge in [-0.25, -0.2) is 0 Å². The van der Waals surface area contributed by atoms with Crippen LogP contribution in [-0.4, -0.2) is 24.5 Å². The lowest BCUT2D eigenvalue weighted by molar-refractivity contribution is -0.127. The van der Waals surface area contributed by atoms with Crippen LogP contribution in [0.15, 0.2) is 0 Å². The van der Waals surface area contributed by atoms with Crippen LogP contribution >= 0.6 is 0 Å². The van der Waals surface area contributed by atoms with E-state index in [1.54, 1.807) is 0 Å². The fourth-order valence-electron chi connectivity index (χ4n) is 2.47. The summed E-state index contributed by atoms with van der Waals surface area (Å²) >= 11 is 0. The molecule has 0 aromatic carbocycles. The molecule has 0 bridgehead atoms. The van der Waals surface area contributed by atoms with E-state index in [1.165, 1.54) is 19.3 Å². The molecule has 0 aromatic heterocycles. The van der Waals surface area contributed by atoms with Gasteiger partial charge in [-0.05, 0) is 38.6 Å². The number of hydrogen-bond donors (Lipinski definition) is 2. The maximum atomic E-state index is 12.4. The minimum absolute atomic E-state index is 0.166. The Bertz CT molecular complexity index is 255. The number of nitrogens with one attached hydrogen (secondary N) is 2. The molecule has 0 heterocycles. The van der Waals surface area contributed by atoms with E-state index in [-0.39, 0.29) is 5.91 Å². The fraction of sp³-hybridized carbons (Fsp3) is 0.941. The van der Waals surface area contributed by atoms with Crippen molar-refractivity contribution < 1.29 is 4.79 Å². The van der Waals surface area contributed by atoms with Gasteiger partial charge in [0.2, 0.25) is 5.91 Å². The van der Waals surface area contributed by atoms with Crippen molar-refractivity contribution in [1.82, 2.24) is 10.6 Å². The Hall–Kier alpha value is -0.570. The van der Waals surface area contributed by atoms with Crippen LogP contribution in [0.1, 0.15) is 79.6 Å². The summed E-state index contributed by atoms with van der Waals surface area (Å²) in [6.07, 6.45) is 7.77. The highest BCUT2D eigenvalue weighted by molar-refractivity contribution is 5.85. The quantitative estimate of drug-likeness (QED) is 0.571. The van der Waals surface area contributed by atoms with Gasteiger partial charge in [-0.2, -0.15) is 0 Å². The summed E-state index contributed by atoms with van der Waals surface area (Å²) in [6.45, 7) is 12.5. The van der Waals surface area contributed by atoms with Gasteiger partial charge in [-0.1, -0.05) is 53.4 Å². The number of carbonyl (C=O) groups is 1. The lowest BCUT2D eigenvalue weighted by Gasteiger charge is -2.31. The molecule has 0 radical (unpaired) electrons. The Kier molecular flexibility index (Phi) is 10.8. The molecule has 0 spiro atoms. The van der Waals surface area contributed by atoms with Gasteiger partial charge in [0.25, 0.3) is 0 Å². The van der Waals surface area contributed by atoms with Crippen molar-refractivity contribution in [2.75, 3.05) is 13.1 Å². The van der Waals surface area contributed by atoms with Crippen LogP contribution < -0.4 is 10.6 Å². The van der Waals surface area contributed by atoms with Crippen molar-refractivity contribution >= 4 is 5.91 Å². The number of rotatable bonds is 12. The standard InChI is InChI=1S/C17H36N2O/c1-6-10-12-17(5,16(20)18-13-8-3)19-14-15(9-4)11-7-2/h15,19H,6-14H2,1-5H3,(H,18,20). The normalized spacial score (nSPS) is 15.7. The molecule has 0 saturated heterocycles. The summed E-state index contributed by atoms with van der Waals surface area (Å²) in [6, 6.07) is 0.